The van der Waals surface area contributed by atoms with Crippen LogP contribution in [0.5, 0.6) is 0 Å². The van der Waals surface area contributed by atoms with Gasteiger partial charge >= 0.3 is 0 Å². The Morgan fingerprint density at radius 3 is 1.18 bits per heavy atom. The first-order chi connectivity index (χ1) is 35.8. The molecule has 0 aromatic rings. The van der Waals surface area contributed by atoms with Crippen molar-refractivity contribution in [2.24, 2.45) is 0 Å². The van der Waals surface area contributed by atoms with Crippen LogP contribution in [0.3, 0.4) is 0 Å². The molecule has 0 saturated carbocycles. The molecule has 1 fully saturated rings. The van der Waals surface area contributed by atoms with Gasteiger partial charge in [0.1, 0.15) is 24.4 Å². The lowest BCUT2D eigenvalue weighted by atomic mass is 9.99. The minimum Gasteiger partial charge on any atom is -0.394 e. The van der Waals surface area contributed by atoms with E-state index in [-0.39, 0.29) is 12.5 Å². The predicted octanol–water partition coefficient (Wildman–Crippen LogP) is 16.5. The molecule has 0 aliphatic carbocycles. The van der Waals surface area contributed by atoms with Crippen molar-refractivity contribution in [3.63, 3.8) is 0 Å². The summed E-state index contributed by atoms with van der Waals surface area (Å²) in [6.45, 7) is 3.87. The van der Waals surface area contributed by atoms with Crippen molar-refractivity contribution in [2.45, 2.75) is 365 Å². The zero-order valence-corrected chi connectivity index (χ0v) is 48.2. The van der Waals surface area contributed by atoms with Gasteiger partial charge in [-0.3, -0.25) is 4.79 Å². The number of nitrogens with one attached hydrogen (secondary N) is 1. The summed E-state index contributed by atoms with van der Waals surface area (Å²) >= 11 is 0. The number of ether oxygens (including phenoxy) is 2. The topological polar surface area (TPSA) is 149 Å². The molecule has 7 unspecified atom stereocenters. The maximum atomic E-state index is 13.1. The summed E-state index contributed by atoms with van der Waals surface area (Å²) in [6.07, 6.45) is 62.2. The lowest BCUT2D eigenvalue weighted by Crippen LogP contribution is -2.60. The zero-order chi connectivity index (χ0) is 52.9. The van der Waals surface area contributed by atoms with Crippen molar-refractivity contribution in [3.8, 4) is 0 Å². The van der Waals surface area contributed by atoms with Crippen LogP contribution in [-0.2, 0) is 14.3 Å². The Kier molecular flexibility index (Phi) is 51.6. The van der Waals surface area contributed by atoms with E-state index in [1.165, 1.54) is 250 Å². The summed E-state index contributed by atoms with van der Waals surface area (Å²) in [5.41, 5.74) is 0. The first kappa shape index (κ1) is 69.7. The quantitative estimate of drug-likeness (QED) is 0.0261. The van der Waals surface area contributed by atoms with Crippen molar-refractivity contribution >= 4 is 5.91 Å². The summed E-state index contributed by atoms with van der Waals surface area (Å²) in [6, 6.07) is -0.721. The van der Waals surface area contributed by atoms with Crippen molar-refractivity contribution in [1.29, 1.82) is 0 Å². The van der Waals surface area contributed by atoms with Crippen molar-refractivity contribution in [3.05, 3.63) is 24.3 Å². The van der Waals surface area contributed by atoms with Crippen molar-refractivity contribution < 1.29 is 39.8 Å². The normalized spacial score (nSPS) is 19.1. The van der Waals surface area contributed by atoms with E-state index in [9.17, 15) is 30.3 Å². The molecule has 1 saturated heterocycles. The molecular weight excluding hydrogens is 911 g/mol. The van der Waals surface area contributed by atoms with Crippen LogP contribution in [0.25, 0.3) is 0 Å². The fourth-order valence-corrected chi connectivity index (χ4v) is 10.5. The number of aliphatic hydroxyl groups excluding tert-OH is 5. The molecule has 0 bridgehead atoms. The molecular formula is C64H123NO8. The number of allylic oxidation sites excluding steroid dienone is 4. The Balaban J connectivity index is 2.14. The lowest BCUT2D eigenvalue weighted by molar-refractivity contribution is -0.302. The summed E-state index contributed by atoms with van der Waals surface area (Å²) in [5.74, 6) is -0.144. The third-order valence-electron chi connectivity index (χ3n) is 15.6. The van der Waals surface area contributed by atoms with Gasteiger partial charge in [0.2, 0.25) is 5.91 Å². The number of aliphatic hydroxyl groups is 5. The molecule has 7 atom stereocenters. The van der Waals surface area contributed by atoms with Gasteiger partial charge < -0.3 is 40.3 Å². The number of unbranched alkanes of at least 4 members (excludes halogenated alkanes) is 42. The number of rotatable bonds is 56. The van der Waals surface area contributed by atoms with Crippen LogP contribution >= 0.6 is 0 Å². The van der Waals surface area contributed by atoms with E-state index < -0.39 is 49.5 Å². The van der Waals surface area contributed by atoms with Crippen LogP contribution in [0.4, 0.5) is 0 Å². The van der Waals surface area contributed by atoms with Crippen LogP contribution in [0, 0.1) is 0 Å². The highest BCUT2D eigenvalue weighted by molar-refractivity contribution is 5.76. The van der Waals surface area contributed by atoms with Crippen LogP contribution in [0.15, 0.2) is 24.3 Å². The average Bonchev–Trinajstić information content (AvgIpc) is 3.39. The van der Waals surface area contributed by atoms with Crippen LogP contribution in [0.2, 0.25) is 0 Å². The number of hydrogen-bond donors (Lipinski definition) is 6. The van der Waals surface area contributed by atoms with Crippen LogP contribution in [0.1, 0.15) is 322 Å². The highest BCUT2D eigenvalue weighted by atomic mass is 16.7. The van der Waals surface area contributed by atoms with Gasteiger partial charge in [0.05, 0.1) is 25.4 Å². The van der Waals surface area contributed by atoms with E-state index in [1.54, 1.807) is 0 Å². The van der Waals surface area contributed by atoms with Crippen LogP contribution < -0.4 is 5.32 Å². The summed E-state index contributed by atoms with van der Waals surface area (Å²) in [5, 5.41) is 54.8. The largest absolute Gasteiger partial charge is 0.394 e. The maximum Gasteiger partial charge on any atom is 0.220 e. The second-order valence-corrected chi connectivity index (χ2v) is 22.6. The van der Waals surface area contributed by atoms with Gasteiger partial charge in [0.25, 0.3) is 0 Å². The summed E-state index contributed by atoms with van der Waals surface area (Å²) < 4.78 is 11.3. The minimum absolute atomic E-state index is 0.137. The molecule has 6 N–H and O–H groups in total. The van der Waals surface area contributed by atoms with Gasteiger partial charge in [-0.25, -0.2) is 0 Å². The number of hydrogen-bond acceptors (Lipinski definition) is 8. The molecule has 0 spiro atoms. The number of amides is 1. The third kappa shape index (κ3) is 43.4. The Hall–Kier alpha value is -1.33. The minimum atomic E-state index is -1.55. The molecule has 1 amide bonds. The fraction of sp³-hybridized carbons (Fsp3) is 0.922. The standard InChI is InChI=1S/C64H123NO8/c1-3-5-7-9-11-13-15-17-19-21-23-25-26-27-28-29-30-31-32-34-35-37-39-41-43-45-47-49-51-53-58(67)57(56-72-64-63(71)62(70)61(69)59(55-66)73-64)65-60(68)54-52-50-48-46-44-42-40-38-36-33-24-22-20-18-16-14-12-10-8-6-4-2/h16,18,22,24,57-59,61-64,66-67,69-71H,3-15,17,19-21,23,25-56H2,1-2H3,(H,65,68)/b18-16-,24-22-. The molecule has 73 heavy (non-hydrogen) atoms. The average molecular weight is 1030 g/mol. The molecule has 1 rings (SSSR count). The van der Waals surface area contributed by atoms with Gasteiger partial charge in [0.15, 0.2) is 6.29 Å². The smallest absolute Gasteiger partial charge is 0.220 e. The van der Waals surface area contributed by atoms with Gasteiger partial charge in [0, 0.05) is 6.42 Å². The van der Waals surface area contributed by atoms with Crippen LogP contribution in [-0.4, -0.2) is 87.5 Å². The van der Waals surface area contributed by atoms with Crippen molar-refractivity contribution in [2.75, 3.05) is 13.2 Å². The highest BCUT2D eigenvalue weighted by Crippen LogP contribution is 2.24. The Bertz CT molecular complexity index is 1200. The second-order valence-electron chi connectivity index (χ2n) is 22.6. The molecule has 1 aliphatic heterocycles. The number of carbonyl (C=O) groups is 1. The van der Waals surface area contributed by atoms with Gasteiger partial charge in [-0.05, 0) is 44.9 Å². The first-order valence-electron chi connectivity index (χ1n) is 32.0. The van der Waals surface area contributed by atoms with E-state index in [2.05, 4.69) is 43.5 Å². The fourth-order valence-electron chi connectivity index (χ4n) is 10.5. The van der Waals surface area contributed by atoms with Gasteiger partial charge in [-0.15, -0.1) is 0 Å². The second kappa shape index (κ2) is 54.0. The molecule has 0 aromatic heterocycles. The molecule has 1 heterocycles. The van der Waals surface area contributed by atoms with E-state index >= 15 is 0 Å². The van der Waals surface area contributed by atoms with Gasteiger partial charge in [-0.2, -0.15) is 0 Å². The highest BCUT2D eigenvalue weighted by Gasteiger charge is 2.44. The molecule has 432 valence electrons. The SMILES string of the molecule is CCCCCCC/C=C\C/C=C\CCCCCCCCCCCC(=O)NC(COC1OC(CO)C(O)C(O)C1O)C(O)CCCCCCCCCCCCCCCCCCCCCCCCCCCCCCC. The summed E-state index contributed by atoms with van der Waals surface area (Å²) in [7, 11) is 0. The zero-order valence-electron chi connectivity index (χ0n) is 48.2. The first-order valence-corrected chi connectivity index (χ1v) is 32.0. The molecule has 9 heteroatoms. The van der Waals surface area contributed by atoms with E-state index in [4.69, 9.17) is 9.47 Å². The maximum absolute atomic E-state index is 13.1. The molecule has 0 aromatic carbocycles. The Morgan fingerprint density at radius 1 is 0.466 bits per heavy atom. The predicted molar refractivity (Wildman–Crippen MR) is 309 cm³/mol. The molecule has 9 nitrogen and oxygen atoms in total. The molecule has 1 aliphatic rings. The lowest BCUT2D eigenvalue weighted by Gasteiger charge is -2.40. The Labute approximate surface area is 451 Å². The Morgan fingerprint density at radius 2 is 0.808 bits per heavy atom. The third-order valence-corrected chi connectivity index (χ3v) is 15.6. The summed E-state index contributed by atoms with van der Waals surface area (Å²) in [4.78, 5) is 13.1. The monoisotopic (exact) mass is 1030 g/mol. The van der Waals surface area contributed by atoms with E-state index in [0.29, 0.717) is 12.8 Å². The molecule has 0 radical (unpaired) electrons. The number of carbonyl (C=O) groups excluding carboxylic acids is 1. The van der Waals surface area contributed by atoms with Crippen molar-refractivity contribution in [1.82, 2.24) is 5.32 Å². The van der Waals surface area contributed by atoms with E-state index in [0.717, 1.165) is 44.9 Å². The van der Waals surface area contributed by atoms with Gasteiger partial charge in [-0.1, -0.05) is 295 Å². The van der Waals surface area contributed by atoms with E-state index in [1.807, 2.05) is 0 Å².